The number of ether oxygens (including phenoxy) is 2. The number of allylic oxidation sites excluding steroid dienone is 1. The number of aromatic nitrogens is 1. The number of unbranched alkanes of at least 4 members (excludes halogenated alkanes) is 1. The Labute approximate surface area is 192 Å². The second-order valence-electron chi connectivity index (χ2n) is 7.35. The van der Waals surface area contributed by atoms with Crippen molar-refractivity contribution in [3.8, 4) is 28.8 Å². The normalized spacial score (nSPS) is 11.3. The molecule has 0 aliphatic carbocycles. The molecule has 32 heavy (non-hydrogen) atoms. The van der Waals surface area contributed by atoms with Crippen molar-refractivity contribution in [1.29, 1.82) is 5.26 Å². The smallest absolute Gasteiger partial charge is 0.161 e. The number of nitrogens with zero attached hydrogens (tertiary/aromatic N) is 2. The van der Waals surface area contributed by atoms with Gasteiger partial charge in [0.25, 0.3) is 0 Å². The quantitative estimate of drug-likeness (QED) is 0.214. The third kappa shape index (κ3) is 4.66. The minimum Gasteiger partial charge on any atom is -0.493 e. The maximum absolute atomic E-state index is 9.81. The van der Waals surface area contributed by atoms with E-state index in [1.807, 2.05) is 47.9 Å². The molecule has 0 radical (unpaired) electrons. The van der Waals surface area contributed by atoms with E-state index in [0.29, 0.717) is 28.7 Å². The van der Waals surface area contributed by atoms with Crippen LogP contribution >= 0.6 is 11.3 Å². The SMILES string of the molecule is CCCCOc1ccc(/C=C(\C#N)c2nc(-c3cccc4ccccc34)cs2)cc1OC. The first-order chi connectivity index (χ1) is 15.7. The van der Waals surface area contributed by atoms with Crippen LogP contribution in [0.5, 0.6) is 11.5 Å². The molecule has 1 aromatic heterocycles. The highest BCUT2D eigenvalue weighted by molar-refractivity contribution is 7.11. The third-order valence-electron chi connectivity index (χ3n) is 5.17. The first kappa shape index (κ1) is 21.6. The summed E-state index contributed by atoms with van der Waals surface area (Å²) in [5.41, 5.74) is 3.32. The van der Waals surface area contributed by atoms with Crippen molar-refractivity contribution in [1.82, 2.24) is 4.98 Å². The predicted octanol–water partition coefficient (Wildman–Crippen LogP) is 7.21. The van der Waals surface area contributed by atoms with Crippen LogP contribution in [-0.4, -0.2) is 18.7 Å². The van der Waals surface area contributed by atoms with Gasteiger partial charge >= 0.3 is 0 Å². The lowest BCUT2D eigenvalue weighted by atomic mass is 10.0. The van der Waals surface area contributed by atoms with E-state index in [9.17, 15) is 5.26 Å². The Kier molecular flexibility index (Phi) is 6.84. The standard InChI is InChI=1S/C27H24N2O2S/c1-3-4-14-31-25-13-12-19(16-26(25)30-2)15-21(17-28)27-29-24(18-32-27)23-11-7-9-20-8-5-6-10-22(20)23/h5-13,15-16,18H,3-4,14H2,1-2H3/b21-15+. The summed E-state index contributed by atoms with van der Waals surface area (Å²) < 4.78 is 11.3. The van der Waals surface area contributed by atoms with Crippen molar-refractivity contribution in [2.45, 2.75) is 19.8 Å². The van der Waals surface area contributed by atoms with Gasteiger partial charge in [-0.15, -0.1) is 11.3 Å². The highest BCUT2D eigenvalue weighted by Gasteiger charge is 2.12. The molecule has 0 aliphatic heterocycles. The van der Waals surface area contributed by atoms with Crippen LogP contribution in [0.4, 0.5) is 0 Å². The summed E-state index contributed by atoms with van der Waals surface area (Å²) in [6.07, 6.45) is 3.90. The van der Waals surface area contributed by atoms with E-state index < -0.39 is 0 Å². The van der Waals surface area contributed by atoms with Crippen molar-refractivity contribution < 1.29 is 9.47 Å². The highest BCUT2D eigenvalue weighted by atomic mass is 32.1. The van der Waals surface area contributed by atoms with Gasteiger partial charge in [-0.1, -0.05) is 61.9 Å². The van der Waals surface area contributed by atoms with Gasteiger partial charge in [0.1, 0.15) is 11.1 Å². The van der Waals surface area contributed by atoms with Gasteiger partial charge in [-0.05, 0) is 41.0 Å². The largest absolute Gasteiger partial charge is 0.493 e. The predicted molar refractivity (Wildman–Crippen MR) is 132 cm³/mol. The van der Waals surface area contributed by atoms with Crippen LogP contribution in [0.15, 0.2) is 66.0 Å². The minimum absolute atomic E-state index is 0.517. The number of benzene rings is 3. The molecule has 0 amide bonds. The van der Waals surface area contributed by atoms with Crippen LogP contribution in [0.1, 0.15) is 30.3 Å². The van der Waals surface area contributed by atoms with Crippen LogP contribution in [0, 0.1) is 11.3 Å². The molecule has 4 nitrogen and oxygen atoms in total. The number of fused-ring (bicyclic) bond motifs is 1. The summed E-state index contributed by atoms with van der Waals surface area (Å²) in [5, 5.41) is 14.8. The number of rotatable bonds is 8. The fourth-order valence-electron chi connectivity index (χ4n) is 3.50. The van der Waals surface area contributed by atoms with Gasteiger partial charge in [0.2, 0.25) is 0 Å². The van der Waals surface area contributed by atoms with E-state index >= 15 is 0 Å². The van der Waals surface area contributed by atoms with Crippen molar-refractivity contribution in [3.05, 3.63) is 76.6 Å². The second kappa shape index (κ2) is 10.1. The van der Waals surface area contributed by atoms with E-state index in [1.165, 1.54) is 16.7 Å². The Morgan fingerprint density at radius 2 is 1.94 bits per heavy atom. The van der Waals surface area contributed by atoms with Crippen LogP contribution in [0.2, 0.25) is 0 Å². The van der Waals surface area contributed by atoms with E-state index in [0.717, 1.165) is 35.0 Å². The molecule has 3 aromatic carbocycles. The van der Waals surface area contributed by atoms with Crippen LogP contribution in [0.25, 0.3) is 33.7 Å². The topological polar surface area (TPSA) is 55.1 Å². The molecular formula is C27H24N2O2S. The fourth-order valence-corrected chi connectivity index (χ4v) is 4.28. The summed E-state index contributed by atoms with van der Waals surface area (Å²) in [6.45, 7) is 2.78. The Morgan fingerprint density at radius 3 is 2.75 bits per heavy atom. The number of hydrogen-bond acceptors (Lipinski definition) is 5. The van der Waals surface area contributed by atoms with Gasteiger partial charge in [-0.3, -0.25) is 0 Å². The molecule has 0 saturated carbocycles. The van der Waals surface area contributed by atoms with E-state index in [2.05, 4.69) is 37.3 Å². The summed E-state index contributed by atoms with van der Waals surface area (Å²) in [7, 11) is 1.62. The van der Waals surface area contributed by atoms with Gasteiger partial charge < -0.3 is 9.47 Å². The lowest BCUT2D eigenvalue weighted by Crippen LogP contribution is -1.99. The molecule has 0 atom stereocenters. The van der Waals surface area contributed by atoms with Crippen LogP contribution in [-0.2, 0) is 0 Å². The molecule has 160 valence electrons. The molecule has 0 fully saturated rings. The Morgan fingerprint density at radius 1 is 1.09 bits per heavy atom. The van der Waals surface area contributed by atoms with Crippen LogP contribution in [0.3, 0.4) is 0 Å². The van der Waals surface area contributed by atoms with Gasteiger partial charge in [-0.25, -0.2) is 4.98 Å². The lowest BCUT2D eigenvalue weighted by molar-refractivity contribution is 0.288. The monoisotopic (exact) mass is 440 g/mol. The first-order valence-electron chi connectivity index (χ1n) is 10.6. The lowest BCUT2D eigenvalue weighted by Gasteiger charge is -2.11. The molecular weight excluding hydrogens is 416 g/mol. The van der Waals surface area contributed by atoms with Crippen molar-refractivity contribution in [2.24, 2.45) is 0 Å². The third-order valence-corrected chi connectivity index (χ3v) is 6.05. The van der Waals surface area contributed by atoms with Gasteiger partial charge in [-0.2, -0.15) is 5.26 Å². The average molecular weight is 441 g/mol. The number of methoxy groups -OCH3 is 1. The van der Waals surface area contributed by atoms with Crippen LogP contribution < -0.4 is 9.47 Å². The summed E-state index contributed by atoms with van der Waals surface area (Å²) in [4.78, 5) is 4.78. The zero-order valence-electron chi connectivity index (χ0n) is 18.2. The van der Waals surface area contributed by atoms with Gasteiger partial charge in [0.15, 0.2) is 11.5 Å². The fraction of sp³-hybridized carbons (Fsp3) is 0.185. The highest BCUT2D eigenvalue weighted by Crippen LogP contribution is 2.33. The number of thiazole rings is 1. The summed E-state index contributed by atoms with van der Waals surface area (Å²) >= 11 is 1.47. The molecule has 0 spiro atoms. The zero-order chi connectivity index (χ0) is 22.3. The minimum atomic E-state index is 0.517. The Hall–Kier alpha value is -3.62. The molecule has 0 unspecified atom stereocenters. The summed E-state index contributed by atoms with van der Waals surface area (Å²) in [6, 6.07) is 22.5. The molecule has 0 aliphatic rings. The Balaban J connectivity index is 1.64. The zero-order valence-corrected chi connectivity index (χ0v) is 19.0. The number of hydrogen-bond donors (Lipinski definition) is 0. The van der Waals surface area contributed by atoms with E-state index in [-0.39, 0.29) is 0 Å². The Bertz CT molecular complexity index is 1300. The molecule has 1 heterocycles. The molecule has 0 bridgehead atoms. The summed E-state index contributed by atoms with van der Waals surface area (Å²) in [5.74, 6) is 1.37. The maximum atomic E-state index is 9.81. The average Bonchev–Trinajstić information content (AvgIpc) is 3.32. The first-order valence-corrected chi connectivity index (χ1v) is 11.5. The molecule has 4 rings (SSSR count). The van der Waals surface area contributed by atoms with Gasteiger partial charge in [0.05, 0.1) is 25.0 Å². The molecule has 0 N–H and O–H groups in total. The van der Waals surface area contributed by atoms with Crippen molar-refractivity contribution >= 4 is 33.8 Å². The van der Waals surface area contributed by atoms with Crippen molar-refractivity contribution in [3.63, 3.8) is 0 Å². The second-order valence-corrected chi connectivity index (χ2v) is 8.20. The van der Waals surface area contributed by atoms with E-state index in [4.69, 9.17) is 14.5 Å². The maximum Gasteiger partial charge on any atom is 0.161 e. The van der Waals surface area contributed by atoms with Gasteiger partial charge in [0, 0.05) is 10.9 Å². The van der Waals surface area contributed by atoms with E-state index in [1.54, 1.807) is 7.11 Å². The molecule has 0 saturated heterocycles. The van der Waals surface area contributed by atoms with Crippen molar-refractivity contribution in [2.75, 3.05) is 13.7 Å². The number of nitriles is 1. The molecule has 5 heteroatoms. The molecule has 4 aromatic rings.